The molecule has 1 aromatic rings. The summed E-state index contributed by atoms with van der Waals surface area (Å²) in [5.74, 6) is -0.791. The highest BCUT2D eigenvalue weighted by Gasteiger charge is 2.26. The lowest BCUT2D eigenvalue weighted by molar-refractivity contribution is -0.135. The predicted molar refractivity (Wildman–Crippen MR) is 63.3 cm³/mol. The average molecular weight is 279 g/mol. The molecule has 5 nitrogen and oxygen atoms in total. The van der Waals surface area contributed by atoms with Gasteiger partial charge in [-0.25, -0.2) is 4.79 Å². The number of nitrogens with one attached hydrogen (secondary N) is 1. The molecule has 8 heteroatoms. The highest BCUT2D eigenvalue weighted by atomic mass is 19.4. The lowest BCUT2D eigenvalue weighted by Gasteiger charge is -2.09. The number of halogens is 3. The molecule has 0 aliphatic rings. The molecule has 0 spiro atoms. The molecular formula is C11H16F3N3O2. The molecule has 2 N–H and O–H groups in total. The van der Waals surface area contributed by atoms with Gasteiger partial charge in [0.25, 0.3) is 0 Å². The molecule has 19 heavy (non-hydrogen) atoms. The number of hydrogen-bond donors (Lipinski definition) is 2. The molecule has 0 aliphatic carbocycles. The molecule has 0 bridgehead atoms. The number of aromatic carboxylic acids is 1. The molecule has 0 atom stereocenters. The molecule has 1 rings (SSSR count). The van der Waals surface area contributed by atoms with Crippen molar-refractivity contribution in [3.8, 4) is 0 Å². The van der Waals surface area contributed by atoms with Crippen molar-refractivity contribution in [1.29, 1.82) is 0 Å². The zero-order valence-corrected chi connectivity index (χ0v) is 10.7. The molecular weight excluding hydrogens is 263 g/mol. The van der Waals surface area contributed by atoms with Crippen LogP contribution in [0, 0.1) is 6.92 Å². The predicted octanol–water partition coefficient (Wildman–Crippen LogP) is 2.57. The summed E-state index contributed by atoms with van der Waals surface area (Å²) < 4.78 is 37.2. The van der Waals surface area contributed by atoms with E-state index in [1.807, 2.05) is 0 Å². The van der Waals surface area contributed by atoms with Crippen LogP contribution in [0.1, 0.15) is 35.3 Å². The van der Waals surface area contributed by atoms with Gasteiger partial charge in [0.05, 0.1) is 5.69 Å². The summed E-state index contributed by atoms with van der Waals surface area (Å²) in [7, 11) is 1.58. The number of rotatable bonds is 6. The Morgan fingerprint density at radius 1 is 1.42 bits per heavy atom. The fourth-order valence-corrected chi connectivity index (χ4v) is 1.77. The van der Waals surface area contributed by atoms with Gasteiger partial charge in [-0.15, -0.1) is 0 Å². The number of carboxylic acid groups (broad SMARTS) is 1. The second-order valence-electron chi connectivity index (χ2n) is 4.24. The smallest absolute Gasteiger partial charge is 0.389 e. The van der Waals surface area contributed by atoms with Gasteiger partial charge in [0.1, 0.15) is 11.4 Å². The van der Waals surface area contributed by atoms with E-state index in [0.29, 0.717) is 17.9 Å². The highest BCUT2D eigenvalue weighted by molar-refractivity contribution is 5.94. The minimum absolute atomic E-state index is 0.00966. The first kappa shape index (κ1) is 15.3. The van der Waals surface area contributed by atoms with Crippen LogP contribution in [0.4, 0.5) is 19.0 Å². The van der Waals surface area contributed by atoms with Gasteiger partial charge in [0, 0.05) is 20.0 Å². The number of hydrogen-bond acceptors (Lipinski definition) is 3. The molecule has 0 saturated heterocycles. The van der Waals surface area contributed by atoms with Crippen molar-refractivity contribution < 1.29 is 23.1 Å². The number of aromatic nitrogens is 2. The van der Waals surface area contributed by atoms with E-state index in [-0.39, 0.29) is 18.5 Å². The van der Waals surface area contributed by atoms with Crippen LogP contribution in [0.3, 0.4) is 0 Å². The molecule has 108 valence electrons. The first-order valence-corrected chi connectivity index (χ1v) is 5.80. The summed E-state index contributed by atoms with van der Waals surface area (Å²) in [5.41, 5.74) is 0.422. The Hall–Kier alpha value is -1.73. The Kier molecular flexibility index (Phi) is 4.79. The van der Waals surface area contributed by atoms with E-state index in [0.717, 1.165) is 0 Å². The van der Waals surface area contributed by atoms with Gasteiger partial charge in [-0.2, -0.15) is 18.3 Å². The highest BCUT2D eigenvalue weighted by Crippen LogP contribution is 2.22. The Morgan fingerprint density at radius 2 is 2.05 bits per heavy atom. The average Bonchev–Trinajstić information content (AvgIpc) is 2.51. The summed E-state index contributed by atoms with van der Waals surface area (Å²) in [6, 6.07) is 0. The lowest BCUT2D eigenvalue weighted by atomic mass is 10.2. The van der Waals surface area contributed by atoms with Crippen molar-refractivity contribution in [2.24, 2.45) is 7.05 Å². The maximum absolute atomic E-state index is 11.9. The van der Waals surface area contributed by atoms with Crippen LogP contribution in [-0.2, 0) is 7.05 Å². The summed E-state index contributed by atoms with van der Waals surface area (Å²) in [6.07, 6.45) is -4.65. The summed E-state index contributed by atoms with van der Waals surface area (Å²) >= 11 is 0. The monoisotopic (exact) mass is 279 g/mol. The van der Waals surface area contributed by atoms with Gasteiger partial charge < -0.3 is 10.4 Å². The number of aryl methyl sites for hydroxylation is 2. The number of carbonyl (C=O) groups is 1. The first-order chi connectivity index (χ1) is 8.72. The third-order valence-corrected chi connectivity index (χ3v) is 2.62. The summed E-state index contributed by atoms with van der Waals surface area (Å²) in [4.78, 5) is 11.0. The first-order valence-electron chi connectivity index (χ1n) is 5.80. The minimum Gasteiger partial charge on any atom is -0.477 e. The standard InChI is InChI=1S/C11H16F3N3O2/c1-7-8(10(18)19)9(17(2)16-7)15-6-4-3-5-11(12,13)14/h15H,3-6H2,1-2H3,(H,18,19). The largest absolute Gasteiger partial charge is 0.477 e. The maximum atomic E-state index is 11.9. The van der Waals surface area contributed by atoms with Crippen molar-refractivity contribution >= 4 is 11.8 Å². The lowest BCUT2D eigenvalue weighted by Crippen LogP contribution is -2.12. The fourth-order valence-electron chi connectivity index (χ4n) is 1.77. The number of anilines is 1. The Balaban J connectivity index is 2.52. The van der Waals surface area contributed by atoms with Crippen molar-refractivity contribution in [3.63, 3.8) is 0 Å². The second kappa shape index (κ2) is 5.94. The van der Waals surface area contributed by atoms with Gasteiger partial charge in [-0.05, 0) is 19.8 Å². The molecule has 0 aromatic carbocycles. The van der Waals surface area contributed by atoms with Gasteiger partial charge in [-0.3, -0.25) is 4.68 Å². The Labute approximate surface area is 108 Å². The van der Waals surface area contributed by atoms with Crippen LogP contribution in [0.25, 0.3) is 0 Å². The number of nitrogens with zero attached hydrogens (tertiary/aromatic N) is 2. The van der Waals surface area contributed by atoms with Crippen LogP contribution in [0.5, 0.6) is 0 Å². The third-order valence-electron chi connectivity index (χ3n) is 2.62. The van der Waals surface area contributed by atoms with Crippen LogP contribution in [-0.4, -0.2) is 33.6 Å². The number of alkyl halides is 3. The van der Waals surface area contributed by atoms with E-state index in [2.05, 4.69) is 10.4 Å². The topological polar surface area (TPSA) is 67.2 Å². The van der Waals surface area contributed by atoms with Crippen molar-refractivity contribution in [3.05, 3.63) is 11.3 Å². The van der Waals surface area contributed by atoms with Crippen molar-refractivity contribution in [2.45, 2.75) is 32.4 Å². The summed E-state index contributed by atoms with van der Waals surface area (Å²) in [6.45, 7) is 1.84. The van der Waals surface area contributed by atoms with Crippen LogP contribution < -0.4 is 5.32 Å². The maximum Gasteiger partial charge on any atom is 0.389 e. The molecule has 1 heterocycles. The zero-order valence-electron chi connectivity index (χ0n) is 10.7. The number of carboxylic acids is 1. The van der Waals surface area contributed by atoms with E-state index in [1.54, 1.807) is 14.0 Å². The quantitative estimate of drug-likeness (QED) is 0.785. The fraction of sp³-hybridized carbons (Fsp3) is 0.636. The normalized spacial score (nSPS) is 11.6. The van der Waals surface area contributed by atoms with Crippen LogP contribution in [0.2, 0.25) is 0 Å². The summed E-state index contributed by atoms with van der Waals surface area (Å²) in [5, 5.41) is 15.8. The van der Waals surface area contributed by atoms with E-state index in [1.165, 1.54) is 4.68 Å². The molecule has 0 radical (unpaired) electrons. The Bertz CT molecular complexity index is 455. The molecule has 0 amide bonds. The van der Waals surface area contributed by atoms with Crippen LogP contribution in [0.15, 0.2) is 0 Å². The molecule has 0 unspecified atom stereocenters. The van der Waals surface area contributed by atoms with Crippen LogP contribution >= 0.6 is 0 Å². The minimum atomic E-state index is -4.14. The van der Waals surface area contributed by atoms with Crippen molar-refractivity contribution in [1.82, 2.24) is 9.78 Å². The van der Waals surface area contributed by atoms with E-state index < -0.39 is 18.6 Å². The second-order valence-corrected chi connectivity index (χ2v) is 4.24. The SMILES string of the molecule is Cc1nn(C)c(NCCCCC(F)(F)F)c1C(=O)O. The van der Waals surface area contributed by atoms with E-state index in [9.17, 15) is 18.0 Å². The van der Waals surface area contributed by atoms with Gasteiger partial charge >= 0.3 is 12.1 Å². The van der Waals surface area contributed by atoms with E-state index in [4.69, 9.17) is 5.11 Å². The van der Waals surface area contributed by atoms with Gasteiger partial charge in [0.2, 0.25) is 0 Å². The van der Waals surface area contributed by atoms with Gasteiger partial charge in [0.15, 0.2) is 0 Å². The Morgan fingerprint density at radius 3 is 2.58 bits per heavy atom. The van der Waals surface area contributed by atoms with Gasteiger partial charge in [-0.1, -0.05) is 0 Å². The zero-order chi connectivity index (χ0) is 14.6. The molecule has 0 saturated carbocycles. The number of unbranched alkanes of at least 4 members (excludes halogenated alkanes) is 1. The molecule has 1 aromatic heterocycles. The third kappa shape index (κ3) is 4.46. The molecule has 0 aliphatic heterocycles. The van der Waals surface area contributed by atoms with E-state index >= 15 is 0 Å². The van der Waals surface area contributed by atoms with Crippen molar-refractivity contribution in [2.75, 3.05) is 11.9 Å². The molecule has 0 fully saturated rings.